The highest BCUT2D eigenvalue weighted by atomic mass is 32.1. The number of thiophene rings is 1. The van der Waals surface area contributed by atoms with Gasteiger partial charge in [-0.15, -0.1) is 11.3 Å². The van der Waals surface area contributed by atoms with E-state index in [0.29, 0.717) is 22.8 Å². The van der Waals surface area contributed by atoms with Gasteiger partial charge in [0.1, 0.15) is 33.5 Å². The molecule has 3 aromatic heterocycles. The average molecular weight is 532 g/mol. The Kier molecular flexibility index (Phi) is 6.76. The highest BCUT2D eigenvalue weighted by Crippen LogP contribution is 2.40. The molecule has 0 saturated carbocycles. The van der Waals surface area contributed by atoms with E-state index in [4.69, 9.17) is 14.9 Å². The van der Waals surface area contributed by atoms with Crippen LogP contribution in [0.25, 0.3) is 10.2 Å². The fourth-order valence-electron chi connectivity index (χ4n) is 3.68. The zero-order valence-electron chi connectivity index (χ0n) is 20.4. The summed E-state index contributed by atoms with van der Waals surface area (Å²) >= 11 is 0.676. The normalized spacial score (nSPS) is 12.1. The minimum absolute atomic E-state index is 0.00985. The molecule has 0 fully saturated rings. The van der Waals surface area contributed by atoms with Crippen molar-refractivity contribution in [2.24, 2.45) is 5.73 Å². The van der Waals surface area contributed by atoms with Gasteiger partial charge in [-0.2, -0.15) is 13.2 Å². The van der Waals surface area contributed by atoms with E-state index in [-0.39, 0.29) is 44.1 Å². The van der Waals surface area contributed by atoms with Crippen molar-refractivity contribution in [2.75, 3.05) is 5.32 Å². The van der Waals surface area contributed by atoms with E-state index in [1.807, 2.05) is 24.3 Å². The van der Waals surface area contributed by atoms with Gasteiger partial charge >= 0.3 is 6.18 Å². The maximum Gasteiger partial charge on any atom is 0.433 e. The zero-order valence-corrected chi connectivity index (χ0v) is 21.3. The molecule has 0 aliphatic heterocycles. The van der Waals surface area contributed by atoms with Crippen molar-refractivity contribution >= 4 is 39.1 Å². The first kappa shape index (κ1) is 26.2. The second kappa shape index (κ2) is 9.55. The number of furan rings is 1. The molecule has 0 bridgehead atoms. The van der Waals surface area contributed by atoms with Gasteiger partial charge in [0.05, 0.1) is 5.69 Å². The summed E-state index contributed by atoms with van der Waals surface area (Å²) in [4.78, 5) is 28.3. The fourth-order valence-corrected chi connectivity index (χ4v) is 4.74. The van der Waals surface area contributed by atoms with Crippen LogP contribution in [0, 0.1) is 6.92 Å². The Labute approximate surface area is 214 Å². The number of hydrogen-bond donors (Lipinski definition) is 2. The molecule has 2 amide bonds. The van der Waals surface area contributed by atoms with E-state index in [9.17, 15) is 22.8 Å². The number of benzene rings is 1. The number of hydrogen-bond acceptors (Lipinski definition) is 6. The van der Waals surface area contributed by atoms with Gasteiger partial charge in [-0.25, -0.2) is 4.98 Å². The van der Waals surface area contributed by atoms with E-state index in [1.54, 1.807) is 6.07 Å². The number of fused-ring (bicyclic) bond motifs is 1. The van der Waals surface area contributed by atoms with Crippen molar-refractivity contribution in [3.8, 4) is 5.75 Å². The third kappa shape index (κ3) is 5.61. The molecule has 11 heteroatoms. The van der Waals surface area contributed by atoms with Gasteiger partial charge in [-0.05, 0) is 53.8 Å². The van der Waals surface area contributed by atoms with E-state index in [2.05, 4.69) is 31.1 Å². The molecular formula is C26H24F3N3O4S. The minimum Gasteiger partial charge on any atom is -0.486 e. The first-order valence-electron chi connectivity index (χ1n) is 11.2. The number of alkyl halides is 3. The predicted molar refractivity (Wildman–Crippen MR) is 134 cm³/mol. The number of nitrogens with two attached hydrogens (primary N) is 1. The molecule has 3 heterocycles. The zero-order chi connectivity index (χ0) is 27.1. The van der Waals surface area contributed by atoms with Crippen molar-refractivity contribution in [3.05, 3.63) is 75.7 Å². The van der Waals surface area contributed by atoms with Crippen LogP contribution in [0.3, 0.4) is 0 Å². The van der Waals surface area contributed by atoms with Crippen LogP contribution >= 0.6 is 11.3 Å². The Morgan fingerprint density at radius 2 is 1.78 bits per heavy atom. The van der Waals surface area contributed by atoms with Gasteiger partial charge in [-0.1, -0.05) is 32.9 Å². The van der Waals surface area contributed by atoms with Gasteiger partial charge in [0, 0.05) is 5.39 Å². The van der Waals surface area contributed by atoms with E-state index in [0.717, 1.165) is 11.6 Å². The maximum absolute atomic E-state index is 13.2. The summed E-state index contributed by atoms with van der Waals surface area (Å²) in [6, 6.07) is 11.5. The van der Waals surface area contributed by atoms with Crippen LogP contribution in [0.4, 0.5) is 18.9 Å². The summed E-state index contributed by atoms with van der Waals surface area (Å²) in [6.45, 7) is 7.84. The SMILES string of the molecule is Cc1cc(C(F)(F)F)nc2sc(C(N)=O)c(NC(=O)c3ccc(COc4ccc(C(C)(C)C)cc4)o3)c12. The number of carbonyl (C=O) groups excluding carboxylic acids is 2. The Morgan fingerprint density at radius 3 is 2.38 bits per heavy atom. The number of halogens is 3. The van der Waals surface area contributed by atoms with Gasteiger partial charge in [0.25, 0.3) is 11.8 Å². The number of rotatable bonds is 6. The lowest BCUT2D eigenvalue weighted by Crippen LogP contribution is -2.16. The van der Waals surface area contributed by atoms with Crippen LogP contribution < -0.4 is 15.8 Å². The lowest BCUT2D eigenvalue weighted by Gasteiger charge is -2.19. The molecule has 7 nitrogen and oxygen atoms in total. The molecule has 0 spiro atoms. The smallest absolute Gasteiger partial charge is 0.433 e. The van der Waals surface area contributed by atoms with Gasteiger partial charge in [0.15, 0.2) is 5.76 Å². The lowest BCUT2D eigenvalue weighted by molar-refractivity contribution is -0.141. The average Bonchev–Trinajstić information content (AvgIpc) is 3.42. The topological polar surface area (TPSA) is 107 Å². The molecule has 0 aliphatic rings. The number of aromatic nitrogens is 1. The summed E-state index contributed by atoms with van der Waals surface area (Å²) in [5.74, 6) is -0.677. The molecule has 0 saturated heterocycles. The Morgan fingerprint density at radius 1 is 1.11 bits per heavy atom. The van der Waals surface area contributed by atoms with Crippen LogP contribution in [-0.4, -0.2) is 16.8 Å². The summed E-state index contributed by atoms with van der Waals surface area (Å²) in [6.07, 6.45) is -4.67. The number of primary amides is 1. The van der Waals surface area contributed by atoms with Crippen LogP contribution in [0.5, 0.6) is 5.75 Å². The molecule has 0 aliphatic carbocycles. The summed E-state index contributed by atoms with van der Waals surface area (Å²) in [5, 5.41) is 2.76. The van der Waals surface area contributed by atoms with Crippen molar-refractivity contribution in [1.29, 1.82) is 0 Å². The minimum atomic E-state index is -4.67. The Hall–Kier alpha value is -3.86. The standard InChI is InChI=1S/C26H24F3N3O4S/c1-13-11-18(26(27,28)29)31-24-19(13)20(21(37-24)22(30)33)32-23(34)17-10-9-16(36-17)12-35-15-7-5-14(6-8-15)25(2,3)4/h5-11H,12H2,1-4H3,(H2,30,33)(H,32,34). The highest BCUT2D eigenvalue weighted by Gasteiger charge is 2.34. The van der Waals surface area contributed by atoms with Gasteiger partial charge < -0.3 is 20.2 Å². The first-order valence-corrected chi connectivity index (χ1v) is 12.0. The van der Waals surface area contributed by atoms with Crippen molar-refractivity contribution in [1.82, 2.24) is 4.98 Å². The molecule has 1 aromatic carbocycles. The molecule has 37 heavy (non-hydrogen) atoms. The third-order valence-corrected chi connectivity index (χ3v) is 6.70. The molecule has 0 radical (unpaired) electrons. The summed E-state index contributed by atoms with van der Waals surface area (Å²) in [5.41, 5.74) is 5.67. The van der Waals surface area contributed by atoms with Crippen molar-refractivity contribution < 1.29 is 31.9 Å². The molecule has 194 valence electrons. The maximum atomic E-state index is 13.2. The summed E-state index contributed by atoms with van der Waals surface area (Å²) < 4.78 is 50.9. The summed E-state index contributed by atoms with van der Waals surface area (Å²) in [7, 11) is 0. The molecule has 4 rings (SSSR count). The number of anilines is 1. The monoisotopic (exact) mass is 531 g/mol. The molecule has 4 aromatic rings. The fraction of sp³-hybridized carbons (Fsp3) is 0.269. The molecule has 0 atom stereocenters. The number of pyridine rings is 1. The predicted octanol–water partition coefficient (Wildman–Crippen LogP) is 6.44. The number of carbonyl (C=O) groups is 2. The number of amides is 2. The van der Waals surface area contributed by atoms with E-state index < -0.39 is 23.7 Å². The first-order chi connectivity index (χ1) is 17.2. The number of aryl methyl sites for hydroxylation is 1. The van der Waals surface area contributed by atoms with E-state index in [1.165, 1.54) is 13.0 Å². The van der Waals surface area contributed by atoms with Crippen LogP contribution in [0.2, 0.25) is 0 Å². The highest BCUT2D eigenvalue weighted by molar-refractivity contribution is 7.21. The second-order valence-corrected chi connectivity index (χ2v) is 10.5. The van der Waals surface area contributed by atoms with Crippen LogP contribution in [0.1, 0.15) is 63.6 Å². The molecule has 0 unspecified atom stereocenters. The third-order valence-electron chi connectivity index (χ3n) is 5.60. The quantitative estimate of drug-likeness (QED) is 0.298. The van der Waals surface area contributed by atoms with Crippen LogP contribution in [-0.2, 0) is 18.2 Å². The number of ether oxygens (including phenoxy) is 1. The largest absolute Gasteiger partial charge is 0.486 e. The van der Waals surface area contributed by atoms with Crippen LogP contribution in [0.15, 0.2) is 46.9 Å². The van der Waals surface area contributed by atoms with E-state index >= 15 is 0 Å². The van der Waals surface area contributed by atoms with Gasteiger partial charge in [0.2, 0.25) is 0 Å². The van der Waals surface area contributed by atoms with Crippen molar-refractivity contribution in [3.63, 3.8) is 0 Å². The second-order valence-electron chi connectivity index (χ2n) is 9.46. The van der Waals surface area contributed by atoms with Gasteiger partial charge in [-0.3, -0.25) is 9.59 Å². The molecular weight excluding hydrogens is 507 g/mol. The Bertz CT molecular complexity index is 1480. The lowest BCUT2D eigenvalue weighted by atomic mass is 9.87. The molecule has 3 N–H and O–H groups in total. The Balaban J connectivity index is 1.53. The number of nitrogens with zero attached hydrogens (tertiary/aromatic N) is 1. The number of nitrogens with one attached hydrogen (secondary N) is 1. The van der Waals surface area contributed by atoms with Crippen molar-refractivity contribution in [2.45, 2.75) is 45.9 Å².